The first-order valence-corrected chi connectivity index (χ1v) is 7.60. The van der Waals surface area contributed by atoms with Gasteiger partial charge in [-0.15, -0.1) is 0 Å². The Morgan fingerprint density at radius 3 is 2.26 bits per heavy atom. The zero-order valence-electron chi connectivity index (χ0n) is 14.5. The van der Waals surface area contributed by atoms with Crippen molar-refractivity contribution in [3.63, 3.8) is 0 Å². The van der Waals surface area contributed by atoms with Gasteiger partial charge in [0.15, 0.2) is 0 Å². The molecule has 8 heteroatoms. The number of esters is 1. The van der Waals surface area contributed by atoms with Crippen LogP contribution in [0.2, 0.25) is 0 Å². The molecule has 134 valence electrons. The van der Waals surface area contributed by atoms with Gasteiger partial charge in [-0.2, -0.15) is 0 Å². The highest BCUT2D eigenvalue weighted by Gasteiger charge is 2.23. The summed E-state index contributed by atoms with van der Waals surface area (Å²) in [5.74, 6) is -1.54. The standard InChI is InChI=1S/C15H28N2O6/c1-10(12(18)19)17-11(13(20)22-5)8-6-7-9-16-14(21)23-15(2,3)4/h10-11,17H,6-9H2,1-5H3,(H,16,21)(H,18,19). The number of alkyl carbamates (subject to hydrolysis) is 1. The summed E-state index contributed by atoms with van der Waals surface area (Å²) in [5, 5.41) is 14.2. The summed E-state index contributed by atoms with van der Waals surface area (Å²) in [6, 6.07) is -1.54. The molecule has 0 bridgehead atoms. The quantitative estimate of drug-likeness (QED) is 0.430. The lowest BCUT2D eigenvalue weighted by Crippen LogP contribution is -2.46. The molecule has 0 aliphatic heterocycles. The third kappa shape index (κ3) is 10.5. The maximum atomic E-state index is 11.6. The highest BCUT2D eigenvalue weighted by atomic mass is 16.6. The largest absolute Gasteiger partial charge is 0.480 e. The van der Waals surface area contributed by atoms with E-state index in [-0.39, 0.29) is 0 Å². The molecule has 3 N–H and O–H groups in total. The van der Waals surface area contributed by atoms with Gasteiger partial charge in [0.2, 0.25) is 0 Å². The second kappa shape index (κ2) is 10.0. The molecule has 0 aromatic carbocycles. The van der Waals surface area contributed by atoms with Gasteiger partial charge in [0.25, 0.3) is 0 Å². The van der Waals surface area contributed by atoms with Crippen molar-refractivity contribution in [1.82, 2.24) is 10.6 Å². The summed E-state index contributed by atoms with van der Waals surface area (Å²) < 4.78 is 9.76. The van der Waals surface area contributed by atoms with Crippen LogP contribution in [0.5, 0.6) is 0 Å². The Bertz CT molecular complexity index is 405. The highest BCUT2D eigenvalue weighted by molar-refractivity contribution is 5.78. The number of carbonyl (C=O) groups is 3. The van der Waals surface area contributed by atoms with Crippen LogP contribution in [0.25, 0.3) is 0 Å². The molecule has 0 aromatic rings. The topological polar surface area (TPSA) is 114 Å². The van der Waals surface area contributed by atoms with Crippen molar-refractivity contribution < 1.29 is 29.0 Å². The molecule has 0 spiro atoms. The van der Waals surface area contributed by atoms with Gasteiger partial charge in [0.05, 0.1) is 7.11 Å². The predicted molar refractivity (Wildman–Crippen MR) is 84.1 cm³/mol. The number of rotatable bonds is 9. The summed E-state index contributed by atoms with van der Waals surface area (Å²) in [6.07, 6.45) is 1.19. The van der Waals surface area contributed by atoms with E-state index >= 15 is 0 Å². The molecule has 0 radical (unpaired) electrons. The fourth-order valence-electron chi connectivity index (χ4n) is 1.76. The van der Waals surface area contributed by atoms with Crippen LogP contribution >= 0.6 is 0 Å². The number of unbranched alkanes of at least 4 members (excludes halogenated alkanes) is 1. The van der Waals surface area contributed by atoms with Gasteiger partial charge in [-0.25, -0.2) is 4.79 Å². The zero-order valence-corrected chi connectivity index (χ0v) is 14.5. The Morgan fingerprint density at radius 2 is 1.78 bits per heavy atom. The number of ether oxygens (including phenoxy) is 2. The summed E-state index contributed by atoms with van der Waals surface area (Å²) in [6.45, 7) is 7.22. The third-order valence-electron chi connectivity index (χ3n) is 2.90. The van der Waals surface area contributed by atoms with E-state index in [1.165, 1.54) is 14.0 Å². The number of hydrogen-bond acceptors (Lipinski definition) is 6. The van der Waals surface area contributed by atoms with Crippen LogP contribution in [-0.4, -0.2) is 54.5 Å². The van der Waals surface area contributed by atoms with E-state index in [1.807, 2.05) is 0 Å². The Kier molecular flexibility index (Phi) is 9.24. The molecule has 0 rings (SSSR count). The minimum absolute atomic E-state index is 0.414. The minimum Gasteiger partial charge on any atom is -0.480 e. The first-order chi connectivity index (χ1) is 10.6. The average molecular weight is 332 g/mol. The second-order valence-corrected chi connectivity index (χ2v) is 6.23. The molecule has 0 aliphatic rings. The van der Waals surface area contributed by atoms with Crippen LogP contribution < -0.4 is 10.6 Å². The molecule has 2 unspecified atom stereocenters. The van der Waals surface area contributed by atoms with Crippen molar-refractivity contribution in [2.75, 3.05) is 13.7 Å². The van der Waals surface area contributed by atoms with Gasteiger partial charge in [-0.05, 0) is 47.0 Å². The number of hydrogen-bond donors (Lipinski definition) is 3. The number of methoxy groups -OCH3 is 1. The van der Waals surface area contributed by atoms with Crippen molar-refractivity contribution >= 4 is 18.0 Å². The molecular formula is C15H28N2O6. The lowest BCUT2D eigenvalue weighted by Gasteiger charge is -2.20. The van der Waals surface area contributed by atoms with Gasteiger partial charge >= 0.3 is 18.0 Å². The molecule has 0 aliphatic carbocycles. The number of carbonyl (C=O) groups excluding carboxylic acids is 2. The first-order valence-electron chi connectivity index (χ1n) is 7.60. The van der Waals surface area contributed by atoms with Crippen molar-refractivity contribution in [3.8, 4) is 0 Å². The molecule has 0 heterocycles. The smallest absolute Gasteiger partial charge is 0.407 e. The molecule has 8 nitrogen and oxygen atoms in total. The molecule has 0 fully saturated rings. The molecule has 23 heavy (non-hydrogen) atoms. The molecule has 0 saturated heterocycles. The van der Waals surface area contributed by atoms with E-state index in [9.17, 15) is 14.4 Å². The van der Waals surface area contributed by atoms with Crippen LogP contribution in [0.3, 0.4) is 0 Å². The Morgan fingerprint density at radius 1 is 1.17 bits per heavy atom. The van der Waals surface area contributed by atoms with Gasteiger partial charge < -0.3 is 19.9 Å². The predicted octanol–water partition coefficient (Wildman–Crippen LogP) is 1.29. The summed E-state index contributed by atoms with van der Waals surface area (Å²) in [4.78, 5) is 33.9. The number of carboxylic acids is 1. The summed E-state index contributed by atoms with van der Waals surface area (Å²) in [7, 11) is 1.26. The molecule has 0 aromatic heterocycles. The number of nitrogens with one attached hydrogen (secondary N) is 2. The molecule has 0 saturated carbocycles. The maximum Gasteiger partial charge on any atom is 0.407 e. The van der Waals surface area contributed by atoms with Gasteiger partial charge in [-0.3, -0.25) is 14.9 Å². The van der Waals surface area contributed by atoms with Crippen LogP contribution in [-0.2, 0) is 19.1 Å². The first kappa shape index (κ1) is 21.2. The van der Waals surface area contributed by atoms with E-state index in [2.05, 4.69) is 15.4 Å². The molecule has 1 amide bonds. The van der Waals surface area contributed by atoms with Crippen LogP contribution in [0.15, 0.2) is 0 Å². The van der Waals surface area contributed by atoms with E-state index in [1.54, 1.807) is 20.8 Å². The van der Waals surface area contributed by atoms with Crippen molar-refractivity contribution in [3.05, 3.63) is 0 Å². The number of amides is 1. The fourth-order valence-corrected chi connectivity index (χ4v) is 1.76. The molecular weight excluding hydrogens is 304 g/mol. The monoisotopic (exact) mass is 332 g/mol. The summed E-state index contributed by atoms with van der Waals surface area (Å²) in [5.41, 5.74) is -0.545. The number of aliphatic carboxylic acids is 1. The third-order valence-corrected chi connectivity index (χ3v) is 2.90. The normalized spacial score (nSPS) is 13.8. The molecule has 2 atom stereocenters. The SMILES string of the molecule is COC(=O)C(CCCCNC(=O)OC(C)(C)C)NC(C)C(=O)O. The van der Waals surface area contributed by atoms with Crippen LogP contribution in [0.1, 0.15) is 47.0 Å². The van der Waals surface area contributed by atoms with Crippen LogP contribution in [0.4, 0.5) is 4.79 Å². The van der Waals surface area contributed by atoms with E-state index in [0.29, 0.717) is 25.8 Å². The van der Waals surface area contributed by atoms with Crippen molar-refractivity contribution in [1.29, 1.82) is 0 Å². The average Bonchev–Trinajstić information content (AvgIpc) is 2.42. The Balaban J connectivity index is 4.11. The highest BCUT2D eigenvalue weighted by Crippen LogP contribution is 2.07. The summed E-state index contributed by atoms with van der Waals surface area (Å²) >= 11 is 0. The van der Waals surface area contributed by atoms with Gasteiger partial charge in [-0.1, -0.05) is 0 Å². The Hall–Kier alpha value is -1.83. The maximum absolute atomic E-state index is 11.6. The van der Waals surface area contributed by atoms with Gasteiger partial charge in [0.1, 0.15) is 17.7 Å². The lowest BCUT2D eigenvalue weighted by atomic mass is 10.1. The van der Waals surface area contributed by atoms with E-state index < -0.39 is 35.7 Å². The van der Waals surface area contributed by atoms with Crippen LogP contribution in [0, 0.1) is 0 Å². The lowest BCUT2D eigenvalue weighted by molar-refractivity contribution is -0.145. The Labute approximate surface area is 136 Å². The van der Waals surface area contributed by atoms with Crippen molar-refractivity contribution in [2.24, 2.45) is 0 Å². The van der Waals surface area contributed by atoms with E-state index in [4.69, 9.17) is 9.84 Å². The second-order valence-electron chi connectivity index (χ2n) is 6.23. The van der Waals surface area contributed by atoms with Crippen molar-refractivity contribution in [2.45, 2.75) is 64.6 Å². The fraction of sp³-hybridized carbons (Fsp3) is 0.800. The minimum atomic E-state index is -1.04. The van der Waals surface area contributed by atoms with Gasteiger partial charge in [0, 0.05) is 6.54 Å². The van der Waals surface area contributed by atoms with E-state index in [0.717, 1.165) is 0 Å². The zero-order chi connectivity index (χ0) is 18.0. The number of carboxylic acid groups (broad SMARTS) is 1.